The summed E-state index contributed by atoms with van der Waals surface area (Å²) in [5.41, 5.74) is 0. The monoisotopic (exact) mass is 422 g/mol. The summed E-state index contributed by atoms with van der Waals surface area (Å²) in [5.74, 6) is -2.17. The smallest absolute Gasteiger partial charge is 0.409 e. The highest BCUT2D eigenvalue weighted by Gasteiger charge is 2.23. The second-order valence-corrected chi connectivity index (χ2v) is 6.57. The van der Waals surface area contributed by atoms with Crippen molar-refractivity contribution in [3.8, 4) is 5.75 Å². The molecule has 1 N–H and O–H groups in total. The number of piperazine rings is 1. The number of carbonyl (C=O) groups is 1. The van der Waals surface area contributed by atoms with Crippen LogP contribution in [0, 0.1) is 11.6 Å². The molecule has 0 radical (unpaired) electrons. The third-order valence-corrected chi connectivity index (χ3v) is 4.21. The van der Waals surface area contributed by atoms with Crippen LogP contribution in [0.2, 0.25) is 0 Å². The topological polar surface area (TPSA) is 62.2 Å². The Morgan fingerprint density at radius 1 is 1.28 bits per heavy atom. The largest absolute Gasteiger partial charge is 0.485 e. The molecule has 0 saturated carbocycles. The van der Waals surface area contributed by atoms with Gasteiger partial charge in [-0.05, 0) is 19.1 Å². The Hall–Kier alpha value is -1.45. The Labute approximate surface area is 153 Å². The van der Waals surface area contributed by atoms with Crippen LogP contribution in [0.1, 0.15) is 6.92 Å². The number of aliphatic hydroxyl groups is 1. The molecule has 0 bridgehead atoms. The van der Waals surface area contributed by atoms with Crippen molar-refractivity contribution in [1.29, 1.82) is 0 Å². The number of β-amino-alcohol motifs (C(OH)–C–C–N with tert-alkyl or cyclic N) is 1. The molecule has 0 unspecified atom stereocenters. The minimum Gasteiger partial charge on any atom is -0.485 e. The van der Waals surface area contributed by atoms with Crippen molar-refractivity contribution in [2.24, 2.45) is 0 Å². The fourth-order valence-corrected chi connectivity index (χ4v) is 2.93. The molecule has 1 atom stereocenters. The van der Waals surface area contributed by atoms with E-state index >= 15 is 0 Å². The number of hydrogen-bond acceptors (Lipinski definition) is 5. The lowest BCUT2D eigenvalue weighted by molar-refractivity contribution is 0.0394. The summed E-state index contributed by atoms with van der Waals surface area (Å²) >= 11 is 2.99. The van der Waals surface area contributed by atoms with E-state index in [4.69, 9.17) is 9.47 Å². The summed E-state index contributed by atoms with van der Waals surface area (Å²) in [6.45, 7) is 4.31. The SMILES string of the molecule is CCOC(=O)N1CCN(C[C@@H](O)COc2c(F)cc(Br)cc2F)CC1. The summed E-state index contributed by atoms with van der Waals surface area (Å²) in [7, 11) is 0. The third-order valence-electron chi connectivity index (χ3n) is 3.75. The molecule has 1 fully saturated rings. The molecule has 6 nitrogen and oxygen atoms in total. The van der Waals surface area contributed by atoms with E-state index in [2.05, 4.69) is 15.9 Å². The van der Waals surface area contributed by atoms with Crippen LogP contribution < -0.4 is 4.74 Å². The minimum absolute atomic E-state index is 0.229. The zero-order valence-corrected chi connectivity index (χ0v) is 15.5. The Balaban J connectivity index is 1.76. The normalized spacial score (nSPS) is 16.6. The molecule has 9 heteroatoms. The third kappa shape index (κ3) is 5.79. The molecule has 1 aliphatic heterocycles. The molecular formula is C16H21BrF2N2O4. The first kappa shape index (κ1) is 19.9. The summed E-state index contributed by atoms with van der Waals surface area (Å²) in [5, 5.41) is 10.0. The van der Waals surface area contributed by atoms with Gasteiger partial charge >= 0.3 is 6.09 Å². The molecule has 25 heavy (non-hydrogen) atoms. The molecule has 1 amide bonds. The van der Waals surface area contributed by atoms with Gasteiger partial charge in [0.25, 0.3) is 0 Å². The number of halogens is 3. The summed E-state index contributed by atoms with van der Waals surface area (Å²) in [6, 6.07) is 2.19. The fraction of sp³-hybridized carbons (Fsp3) is 0.562. The van der Waals surface area contributed by atoms with Crippen molar-refractivity contribution in [1.82, 2.24) is 9.80 Å². The Kier molecular flexibility index (Phi) is 7.39. The lowest BCUT2D eigenvalue weighted by Gasteiger charge is -2.34. The molecule has 1 heterocycles. The molecule has 0 aliphatic carbocycles. The maximum atomic E-state index is 13.7. The van der Waals surface area contributed by atoms with E-state index in [0.29, 0.717) is 32.8 Å². The molecule has 2 rings (SSSR count). The second-order valence-electron chi connectivity index (χ2n) is 5.65. The van der Waals surface area contributed by atoms with E-state index in [0.717, 1.165) is 12.1 Å². The molecule has 140 valence electrons. The molecule has 1 aliphatic rings. The second kappa shape index (κ2) is 9.30. The first-order chi connectivity index (χ1) is 11.9. The number of nitrogens with zero attached hydrogens (tertiary/aromatic N) is 2. The maximum absolute atomic E-state index is 13.7. The lowest BCUT2D eigenvalue weighted by Crippen LogP contribution is -2.51. The number of amides is 1. The van der Waals surface area contributed by atoms with Gasteiger partial charge in [-0.25, -0.2) is 13.6 Å². The average molecular weight is 423 g/mol. The first-order valence-electron chi connectivity index (χ1n) is 8.00. The summed E-state index contributed by atoms with van der Waals surface area (Å²) in [4.78, 5) is 15.2. The predicted octanol–water partition coefficient (Wildman–Crippen LogP) is 2.24. The highest BCUT2D eigenvalue weighted by Crippen LogP contribution is 2.26. The van der Waals surface area contributed by atoms with Gasteiger partial charge in [-0.3, -0.25) is 4.90 Å². The average Bonchev–Trinajstić information content (AvgIpc) is 2.54. The van der Waals surface area contributed by atoms with Crippen molar-refractivity contribution in [2.45, 2.75) is 13.0 Å². The Bertz CT molecular complexity index is 574. The minimum atomic E-state index is -0.906. The van der Waals surface area contributed by atoms with Crippen LogP contribution in [0.3, 0.4) is 0 Å². The lowest BCUT2D eigenvalue weighted by atomic mass is 10.2. The van der Waals surface area contributed by atoms with Gasteiger partial charge in [0.05, 0.1) is 6.61 Å². The Morgan fingerprint density at radius 3 is 2.44 bits per heavy atom. The van der Waals surface area contributed by atoms with Crippen molar-refractivity contribution in [2.75, 3.05) is 45.9 Å². The van der Waals surface area contributed by atoms with Crippen molar-refractivity contribution < 1.29 is 28.2 Å². The number of hydrogen-bond donors (Lipinski definition) is 1. The van der Waals surface area contributed by atoms with Crippen LogP contribution in [0.5, 0.6) is 5.75 Å². The van der Waals surface area contributed by atoms with Gasteiger partial charge in [-0.15, -0.1) is 0 Å². The van der Waals surface area contributed by atoms with Crippen molar-refractivity contribution in [3.05, 3.63) is 28.2 Å². The number of aliphatic hydroxyl groups excluding tert-OH is 1. The number of carbonyl (C=O) groups excluding carboxylic acids is 1. The molecule has 0 spiro atoms. The van der Waals surface area contributed by atoms with Gasteiger partial charge in [0.2, 0.25) is 0 Å². The van der Waals surface area contributed by atoms with E-state index in [9.17, 15) is 18.7 Å². The fourth-order valence-electron chi connectivity index (χ4n) is 2.52. The van der Waals surface area contributed by atoms with Crippen LogP contribution in [-0.2, 0) is 4.74 Å². The first-order valence-corrected chi connectivity index (χ1v) is 8.79. The predicted molar refractivity (Wildman–Crippen MR) is 90.6 cm³/mol. The van der Waals surface area contributed by atoms with E-state index in [1.807, 2.05) is 4.90 Å². The standard InChI is InChI=1S/C16H21BrF2N2O4/c1-2-24-16(23)21-5-3-20(4-6-21)9-12(22)10-25-15-13(18)7-11(17)8-14(15)19/h7-8,12,22H,2-6,9-10H2,1H3/t12-/m1/s1. The Morgan fingerprint density at radius 2 is 1.88 bits per heavy atom. The highest BCUT2D eigenvalue weighted by atomic mass is 79.9. The van der Waals surface area contributed by atoms with Gasteiger partial charge in [0.15, 0.2) is 17.4 Å². The van der Waals surface area contributed by atoms with E-state index in [-0.39, 0.29) is 23.7 Å². The van der Waals surface area contributed by atoms with Crippen LogP contribution >= 0.6 is 15.9 Å². The van der Waals surface area contributed by atoms with Crippen LogP contribution in [0.4, 0.5) is 13.6 Å². The molecule has 1 saturated heterocycles. The van der Waals surface area contributed by atoms with Crippen molar-refractivity contribution in [3.63, 3.8) is 0 Å². The zero-order valence-electron chi connectivity index (χ0n) is 13.9. The van der Waals surface area contributed by atoms with Gasteiger partial charge in [-0.1, -0.05) is 15.9 Å². The van der Waals surface area contributed by atoms with E-state index < -0.39 is 23.5 Å². The van der Waals surface area contributed by atoms with Crippen LogP contribution in [0.15, 0.2) is 16.6 Å². The molecule has 1 aromatic rings. The van der Waals surface area contributed by atoms with Gasteiger partial charge < -0.3 is 19.5 Å². The zero-order chi connectivity index (χ0) is 18.4. The van der Waals surface area contributed by atoms with Gasteiger partial charge in [0, 0.05) is 37.2 Å². The van der Waals surface area contributed by atoms with Crippen LogP contribution in [0.25, 0.3) is 0 Å². The summed E-state index contributed by atoms with van der Waals surface area (Å²) < 4.78 is 37.6. The van der Waals surface area contributed by atoms with Crippen LogP contribution in [-0.4, -0.2) is 73.0 Å². The molecular weight excluding hydrogens is 402 g/mol. The quantitative estimate of drug-likeness (QED) is 0.761. The van der Waals surface area contributed by atoms with Crippen molar-refractivity contribution >= 4 is 22.0 Å². The maximum Gasteiger partial charge on any atom is 0.409 e. The number of benzene rings is 1. The molecule has 0 aromatic heterocycles. The summed E-state index contributed by atoms with van der Waals surface area (Å²) in [6.07, 6.45) is -1.25. The highest BCUT2D eigenvalue weighted by molar-refractivity contribution is 9.10. The molecule has 1 aromatic carbocycles. The van der Waals surface area contributed by atoms with E-state index in [1.165, 1.54) is 0 Å². The van der Waals surface area contributed by atoms with E-state index in [1.54, 1.807) is 11.8 Å². The van der Waals surface area contributed by atoms with Gasteiger partial charge in [-0.2, -0.15) is 0 Å². The number of ether oxygens (including phenoxy) is 2. The van der Waals surface area contributed by atoms with Gasteiger partial charge in [0.1, 0.15) is 12.7 Å². The number of rotatable bonds is 6.